The van der Waals surface area contributed by atoms with Crippen molar-refractivity contribution in [1.82, 2.24) is 5.32 Å². The number of benzene rings is 1. The van der Waals surface area contributed by atoms with Gasteiger partial charge in [-0.2, -0.15) is 0 Å². The molecule has 0 aliphatic carbocycles. The maximum atomic E-state index is 12.1. The van der Waals surface area contributed by atoms with E-state index < -0.39 is 24.0 Å². The van der Waals surface area contributed by atoms with Gasteiger partial charge in [0.2, 0.25) is 0 Å². The summed E-state index contributed by atoms with van der Waals surface area (Å²) in [5.74, 6) is -1.05. The van der Waals surface area contributed by atoms with Crippen LogP contribution < -0.4 is 11.1 Å². The average Bonchev–Trinajstić information content (AvgIpc) is 2.50. The minimum absolute atomic E-state index is 0.0616. The topological polar surface area (TPSA) is 119 Å². The van der Waals surface area contributed by atoms with Crippen LogP contribution in [0.2, 0.25) is 0 Å². The van der Waals surface area contributed by atoms with Gasteiger partial charge in [0, 0.05) is 6.42 Å². The first-order chi connectivity index (χ1) is 12.6. The number of rotatable bonds is 5. The number of urea groups is 1. The number of nitrogens with one attached hydrogen (secondary N) is 1. The first kappa shape index (κ1) is 23.5. The van der Waals surface area contributed by atoms with Gasteiger partial charge in [-0.15, -0.1) is 0 Å². The Balaban J connectivity index is 2.96. The second-order valence-electron chi connectivity index (χ2n) is 9.03. The lowest BCUT2D eigenvalue weighted by Crippen LogP contribution is -2.42. The highest BCUT2D eigenvalue weighted by Crippen LogP contribution is 2.39. The normalized spacial score (nSPS) is 13.0. The predicted octanol–water partition coefficient (Wildman–Crippen LogP) is 3.05. The molecule has 0 bridgehead atoms. The Hall–Kier alpha value is -2.57. The third kappa shape index (κ3) is 6.55. The van der Waals surface area contributed by atoms with Gasteiger partial charge in [0.25, 0.3) is 5.91 Å². The number of esters is 1. The fourth-order valence-corrected chi connectivity index (χ4v) is 2.76. The predicted molar refractivity (Wildman–Crippen MR) is 107 cm³/mol. The van der Waals surface area contributed by atoms with Crippen molar-refractivity contribution in [2.45, 2.75) is 78.2 Å². The number of amides is 3. The zero-order chi connectivity index (χ0) is 21.9. The molecule has 0 saturated carbocycles. The number of imide groups is 1. The van der Waals surface area contributed by atoms with Crippen molar-refractivity contribution in [2.75, 3.05) is 0 Å². The largest absolute Gasteiger partial charge is 0.507 e. The summed E-state index contributed by atoms with van der Waals surface area (Å²) in [6.07, 6.45) is -0.656. The fourth-order valence-electron chi connectivity index (χ4n) is 2.76. The van der Waals surface area contributed by atoms with Crippen LogP contribution in [-0.4, -0.2) is 29.1 Å². The van der Waals surface area contributed by atoms with E-state index in [1.807, 2.05) is 59.0 Å². The van der Waals surface area contributed by atoms with E-state index in [0.29, 0.717) is 6.42 Å². The highest BCUT2D eigenvalue weighted by Gasteiger charge is 2.27. The summed E-state index contributed by atoms with van der Waals surface area (Å²) in [6, 6.07) is 2.81. The Labute approximate surface area is 166 Å². The number of aryl methyl sites for hydroxylation is 1. The number of nitrogens with two attached hydrogens (primary N) is 1. The van der Waals surface area contributed by atoms with Gasteiger partial charge in [-0.1, -0.05) is 53.7 Å². The van der Waals surface area contributed by atoms with Crippen molar-refractivity contribution in [3.05, 3.63) is 28.8 Å². The second kappa shape index (κ2) is 8.63. The Morgan fingerprint density at radius 2 is 1.54 bits per heavy atom. The lowest BCUT2D eigenvalue weighted by molar-refractivity contribution is -0.154. The van der Waals surface area contributed by atoms with Crippen molar-refractivity contribution in [1.29, 1.82) is 0 Å². The summed E-state index contributed by atoms with van der Waals surface area (Å²) in [4.78, 5) is 34.4. The van der Waals surface area contributed by atoms with E-state index in [9.17, 15) is 19.5 Å². The van der Waals surface area contributed by atoms with E-state index in [1.54, 1.807) is 0 Å². The van der Waals surface area contributed by atoms with E-state index >= 15 is 0 Å². The zero-order valence-electron chi connectivity index (χ0n) is 17.8. The summed E-state index contributed by atoms with van der Waals surface area (Å²) in [5, 5.41) is 12.6. The molecule has 1 aromatic rings. The molecule has 0 heterocycles. The summed E-state index contributed by atoms with van der Waals surface area (Å²) >= 11 is 0. The molecule has 1 atom stereocenters. The quantitative estimate of drug-likeness (QED) is 0.666. The monoisotopic (exact) mass is 392 g/mol. The minimum atomic E-state index is -1.12. The van der Waals surface area contributed by atoms with Crippen LogP contribution in [0.25, 0.3) is 0 Å². The van der Waals surface area contributed by atoms with Crippen molar-refractivity contribution in [3.63, 3.8) is 0 Å². The maximum Gasteiger partial charge on any atom is 0.318 e. The molecule has 0 aliphatic heterocycles. The van der Waals surface area contributed by atoms with Crippen LogP contribution in [0.5, 0.6) is 5.75 Å². The molecule has 0 saturated heterocycles. The van der Waals surface area contributed by atoms with Gasteiger partial charge in [-0.25, -0.2) is 4.79 Å². The number of phenolic OH excluding ortho intramolecular Hbond substituents is 1. The molecule has 7 heteroatoms. The summed E-state index contributed by atoms with van der Waals surface area (Å²) < 4.78 is 5.05. The summed E-state index contributed by atoms with van der Waals surface area (Å²) in [5.41, 5.74) is 6.89. The molecule has 4 N–H and O–H groups in total. The standard InChI is InChI=1S/C21H32N2O5/c1-12(18(26)23-19(22)27)28-16(24)9-8-13-10-14(20(2,3)4)17(25)15(11-13)21(5,6)7/h10-12,25H,8-9H2,1-7H3,(H3,22,23,26,27)/t12-/m0/s1. The van der Waals surface area contributed by atoms with Crippen LogP contribution in [0.3, 0.4) is 0 Å². The summed E-state index contributed by atoms with van der Waals surface area (Å²) in [6.45, 7) is 13.5. The van der Waals surface area contributed by atoms with Crippen LogP contribution in [-0.2, 0) is 31.6 Å². The number of carbonyl (C=O) groups excluding carboxylic acids is 3. The molecule has 156 valence electrons. The number of aromatic hydroxyl groups is 1. The highest BCUT2D eigenvalue weighted by molar-refractivity contribution is 5.96. The van der Waals surface area contributed by atoms with Crippen molar-refractivity contribution in [3.8, 4) is 5.75 Å². The van der Waals surface area contributed by atoms with Gasteiger partial charge >= 0.3 is 12.0 Å². The molecule has 0 radical (unpaired) electrons. The minimum Gasteiger partial charge on any atom is -0.507 e. The van der Waals surface area contributed by atoms with E-state index in [1.165, 1.54) is 6.92 Å². The lowest BCUT2D eigenvalue weighted by Gasteiger charge is -2.28. The van der Waals surface area contributed by atoms with Gasteiger partial charge in [0.15, 0.2) is 6.10 Å². The first-order valence-electron chi connectivity index (χ1n) is 9.29. The van der Waals surface area contributed by atoms with Crippen molar-refractivity contribution in [2.24, 2.45) is 5.73 Å². The number of hydrogen-bond acceptors (Lipinski definition) is 5. The molecule has 0 unspecified atom stereocenters. The third-order valence-corrected chi connectivity index (χ3v) is 4.33. The van der Waals surface area contributed by atoms with Crippen molar-refractivity contribution < 1.29 is 24.2 Å². The molecule has 0 fully saturated rings. The molecular formula is C21H32N2O5. The number of phenols is 1. The van der Waals surface area contributed by atoms with Gasteiger partial charge in [0.05, 0.1) is 0 Å². The molecule has 0 spiro atoms. The molecule has 7 nitrogen and oxygen atoms in total. The van der Waals surface area contributed by atoms with Gasteiger partial charge in [0.1, 0.15) is 5.75 Å². The zero-order valence-corrected chi connectivity index (χ0v) is 17.8. The SMILES string of the molecule is C[C@H](OC(=O)CCc1cc(C(C)(C)C)c(O)c(C(C)(C)C)c1)C(=O)NC(N)=O. The Morgan fingerprint density at radius 1 is 1.07 bits per heavy atom. The van der Waals surface area contributed by atoms with Crippen LogP contribution in [0, 0.1) is 0 Å². The van der Waals surface area contributed by atoms with E-state index in [-0.39, 0.29) is 23.0 Å². The van der Waals surface area contributed by atoms with Gasteiger partial charge in [-0.05, 0) is 40.9 Å². The summed E-state index contributed by atoms with van der Waals surface area (Å²) in [7, 11) is 0. The smallest absolute Gasteiger partial charge is 0.318 e. The molecule has 1 rings (SSSR count). The molecular weight excluding hydrogens is 360 g/mol. The molecule has 3 amide bonds. The number of primary amides is 1. The number of hydrogen-bond donors (Lipinski definition) is 3. The maximum absolute atomic E-state index is 12.1. The van der Waals surface area contributed by atoms with Crippen molar-refractivity contribution >= 4 is 17.9 Å². The van der Waals surface area contributed by atoms with E-state index in [4.69, 9.17) is 10.5 Å². The molecule has 28 heavy (non-hydrogen) atoms. The van der Waals surface area contributed by atoms with Crippen LogP contribution in [0.1, 0.15) is 71.6 Å². The Morgan fingerprint density at radius 3 is 1.93 bits per heavy atom. The second-order valence-corrected chi connectivity index (χ2v) is 9.03. The average molecular weight is 392 g/mol. The molecule has 0 aliphatic rings. The third-order valence-electron chi connectivity index (χ3n) is 4.33. The Kier molecular flexibility index (Phi) is 7.23. The van der Waals surface area contributed by atoms with Crippen LogP contribution >= 0.6 is 0 Å². The van der Waals surface area contributed by atoms with Gasteiger partial charge in [-0.3, -0.25) is 14.9 Å². The first-order valence-corrected chi connectivity index (χ1v) is 9.29. The Bertz CT molecular complexity index is 722. The highest BCUT2D eigenvalue weighted by atomic mass is 16.5. The number of ether oxygens (including phenoxy) is 1. The van der Waals surface area contributed by atoms with Crippen LogP contribution in [0.15, 0.2) is 12.1 Å². The molecule has 1 aromatic carbocycles. The number of carbonyl (C=O) groups is 3. The lowest BCUT2D eigenvalue weighted by atomic mass is 9.78. The van der Waals surface area contributed by atoms with Gasteiger partial charge < -0.3 is 15.6 Å². The van der Waals surface area contributed by atoms with E-state index in [2.05, 4.69) is 0 Å². The fraction of sp³-hybridized carbons (Fsp3) is 0.571. The molecule has 0 aromatic heterocycles. The van der Waals surface area contributed by atoms with Crippen LogP contribution in [0.4, 0.5) is 4.79 Å². The van der Waals surface area contributed by atoms with E-state index in [0.717, 1.165) is 16.7 Å².